The standard InChI is InChI=1S/C14H20F4N2/c1-3-7-19-10-11-4-5-13(12(15)9-11)20(2)8-6-14(16,17)18/h4-5,9,19H,3,6-8,10H2,1-2H3. The van der Waals surface area contributed by atoms with Crippen molar-refractivity contribution >= 4 is 5.69 Å². The summed E-state index contributed by atoms with van der Waals surface area (Å²) in [5.74, 6) is -0.495. The van der Waals surface area contributed by atoms with Gasteiger partial charge in [0.05, 0.1) is 12.1 Å². The molecule has 0 aliphatic carbocycles. The molecule has 0 unspecified atom stereocenters. The first-order valence-corrected chi connectivity index (χ1v) is 6.60. The number of rotatable bonds is 7. The van der Waals surface area contributed by atoms with Gasteiger partial charge in [-0.15, -0.1) is 0 Å². The van der Waals surface area contributed by atoms with Gasteiger partial charge >= 0.3 is 6.18 Å². The van der Waals surface area contributed by atoms with Crippen LogP contribution in [0.3, 0.4) is 0 Å². The average molecular weight is 292 g/mol. The van der Waals surface area contributed by atoms with Crippen molar-refractivity contribution in [2.24, 2.45) is 0 Å². The summed E-state index contributed by atoms with van der Waals surface area (Å²) in [6.07, 6.45) is -4.20. The Morgan fingerprint density at radius 3 is 2.50 bits per heavy atom. The molecule has 20 heavy (non-hydrogen) atoms. The zero-order valence-corrected chi connectivity index (χ0v) is 11.7. The lowest BCUT2D eigenvalue weighted by Crippen LogP contribution is -2.25. The highest BCUT2D eigenvalue weighted by Gasteiger charge is 2.27. The van der Waals surface area contributed by atoms with Crippen molar-refractivity contribution in [2.45, 2.75) is 32.5 Å². The van der Waals surface area contributed by atoms with E-state index in [0.29, 0.717) is 6.54 Å². The second-order valence-corrected chi connectivity index (χ2v) is 4.75. The van der Waals surface area contributed by atoms with Crippen LogP contribution in [0.2, 0.25) is 0 Å². The van der Waals surface area contributed by atoms with Crippen LogP contribution in [0.5, 0.6) is 0 Å². The second-order valence-electron chi connectivity index (χ2n) is 4.75. The van der Waals surface area contributed by atoms with Gasteiger partial charge in [-0.25, -0.2) is 4.39 Å². The third-order valence-corrected chi connectivity index (χ3v) is 2.91. The number of hydrogen-bond acceptors (Lipinski definition) is 2. The van der Waals surface area contributed by atoms with Gasteiger partial charge < -0.3 is 10.2 Å². The molecule has 1 aromatic carbocycles. The largest absolute Gasteiger partial charge is 0.390 e. The summed E-state index contributed by atoms with van der Waals surface area (Å²) in [5.41, 5.74) is 0.970. The number of nitrogens with one attached hydrogen (secondary N) is 1. The molecule has 0 atom stereocenters. The van der Waals surface area contributed by atoms with Gasteiger partial charge in [0, 0.05) is 20.1 Å². The molecule has 114 valence electrons. The third-order valence-electron chi connectivity index (χ3n) is 2.91. The molecule has 0 radical (unpaired) electrons. The Bertz CT molecular complexity index is 418. The van der Waals surface area contributed by atoms with E-state index in [-0.39, 0.29) is 12.2 Å². The van der Waals surface area contributed by atoms with Crippen molar-refractivity contribution in [1.82, 2.24) is 5.32 Å². The van der Waals surface area contributed by atoms with E-state index >= 15 is 0 Å². The first-order valence-electron chi connectivity index (χ1n) is 6.60. The van der Waals surface area contributed by atoms with E-state index in [1.807, 2.05) is 6.92 Å². The second kappa shape index (κ2) is 7.47. The van der Waals surface area contributed by atoms with Gasteiger partial charge in [-0.3, -0.25) is 0 Å². The van der Waals surface area contributed by atoms with E-state index in [1.165, 1.54) is 24.1 Å². The van der Waals surface area contributed by atoms with Gasteiger partial charge in [-0.2, -0.15) is 13.2 Å². The SMILES string of the molecule is CCCNCc1ccc(N(C)CCC(F)(F)F)c(F)c1. The molecule has 0 aliphatic heterocycles. The predicted molar refractivity (Wildman–Crippen MR) is 72.3 cm³/mol. The zero-order chi connectivity index (χ0) is 15.2. The molecular formula is C14H20F4N2. The lowest BCUT2D eigenvalue weighted by atomic mass is 10.1. The minimum Gasteiger partial charge on any atom is -0.372 e. The lowest BCUT2D eigenvalue weighted by molar-refractivity contribution is -0.132. The predicted octanol–water partition coefficient (Wildman–Crippen LogP) is 3.71. The van der Waals surface area contributed by atoms with Crippen LogP contribution in [0.15, 0.2) is 18.2 Å². The van der Waals surface area contributed by atoms with Crippen molar-refractivity contribution in [1.29, 1.82) is 0 Å². The lowest BCUT2D eigenvalue weighted by Gasteiger charge is -2.21. The summed E-state index contributed by atoms with van der Waals surface area (Å²) in [6, 6.07) is 4.61. The van der Waals surface area contributed by atoms with Crippen LogP contribution in [-0.4, -0.2) is 26.3 Å². The maximum atomic E-state index is 13.9. The van der Waals surface area contributed by atoms with Gasteiger partial charge in [-0.1, -0.05) is 13.0 Å². The number of alkyl halides is 3. The summed E-state index contributed by atoms with van der Waals surface area (Å²) in [4.78, 5) is 1.28. The molecule has 1 aromatic rings. The number of halogens is 4. The molecule has 1 rings (SSSR count). The van der Waals surface area contributed by atoms with Gasteiger partial charge in [0.15, 0.2) is 0 Å². The number of anilines is 1. The van der Waals surface area contributed by atoms with Crippen LogP contribution in [-0.2, 0) is 6.54 Å². The van der Waals surface area contributed by atoms with Crippen LogP contribution < -0.4 is 10.2 Å². The van der Waals surface area contributed by atoms with Gasteiger partial charge in [0.2, 0.25) is 0 Å². The van der Waals surface area contributed by atoms with Crippen molar-refractivity contribution in [3.05, 3.63) is 29.6 Å². The van der Waals surface area contributed by atoms with E-state index in [1.54, 1.807) is 6.07 Å². The van der Waals surface area contributed by atoms with Crippen LogP contribution in [0.4, 0.5) is 23.2 Å². The Labute approximate surface area is 116 Å². The summed E-state index contributed by atoms with van der Waals surface area (Å²) in [6.45, 7) is 3.17. The summed E-state index contributed by atoms with van der Waals surface area (Å²) in [7, 11) is 1.46. The quantitative estimate of drug-likeness (QED) is 0.609. The molecule has 0 saturated heterocycles. The number of benzene rings is 1. The Morgan fingerprint density at radius 1 is 1.25 bits per heavy atom. The molecule has 0 spiro atoms. The summed E-state index contributed by atoms with van der Waals surface area (Å²) >= 11 is 0. The van der Waals surface area contributed by atoms with Gasteiger partial charge in [0.1, 0.15) is 5.82 Å². The van der Waals surface area contributed by atoms with Crippen molar-refractivity contribution in [3.8, 4) is 0 Å². The van der Waals surface area contributed by atoms with Crippen molar-refractivity contribution in [2.75, 3.05) is 25.0 Å². The smallest absolute Gasteiger partial charge is 0.372 e. The van der Waals surface area contributed by atoms with Crippen LogP contribution in [0.1, 0.15) is 25.3 Å². The van der Waals surface area contributed by atoms with Gasteiger partial charge in [0.25, 0.3) is 0 Å². The minimum absolute atomic E-state index is 0.188. The van der Waals surface area contributed by atoms with Crippen LogP contribution in [0, 0.1) is 5.82 Å². The summed E-state index contributed by atoms with van der Waals surface area (Å²) in [5, 5.41) is 3.14. The maximum Gasteiger partial charge on any atom is 0.390 e. The third kappa shape index (κ3) is 5.77. The molecule has 0 aromatic heterocycles. The molecular weight excluding hydrogens is 272 g/mol. The molecule has 0 heterocycles. The monoisotopic (exact) mass is 292 g/mol. The van der Waals surface area contributed by atoms with E-state index < -0.39 is 18.4 Å². The maximum absolute atomic E-state index is 13.9. The van der Waals surface area contributed by atoms with E-state index in [9.17, 15) is 17.6 Å². The summed E-state index contributed by atoms with van der Waals surface area (Å²) < 4.78 is 50.3. The Kier molecular flexibility index (Phi) is 6.26. The highest BCUT2D eigenvalue weighted by molar-refractivity contribution is 5.48. The molecule has 2 nitrogen and oxygen atoms in total. The topological polar surface area (TPSA) is 15.3 Å². The molecule has 0 saturated carbocycles. The molecule has 1 N–H and O–H groups in total. The number of hydrogen-bond donors (Lipinski definition) is 1. The molecule has 0 aliphatic rings. The molecule has 0 amide bonds. The average Bonchev–Trinajstić information content (AvgIpc) is 2.35. The van der Waals surface area contributed by atoms with Crippen LogP contribution in [0.25, 0.3) is 0 Å². The fourth-order valence-corrected chi connectivity index (χ4v) is 1.79. The Morgan fingerprint density at radius 2 is 1.95 bits per heavy atom. The van der Waals surface area contributed by atoms with Crippen molar-refractivity contribution in [3.63, 3.8) is 0 Å². The van der Waals surface area contributed by atoms with Crippen molar-refractivity contribution < 1.29 is 17.6 Å². The molecule has 0 bridgehead atoms. The first kappa shape index (κ1) is 16.8. The number of nitrogens with zero attached hydrogens (tertiary/aromatic N) is 1. The first-order chi connectivity index (χ1) is 9.33. The van der Waals surface area contributed by atoms with E-state index in [4.69, 9.17) is 0 Å². The normalized spacial score (nSPS) is 11.7. The van der Waals surface area contributed by atoms with Crippen LogP contribution >= 0.6 is 0 Å². The zero-order valence-electron chi connectivity index (χ0n) is 11.7. The molecule has 0 fully saturated rings. The Balaban J connectivity index is 2.62. The van der Waals surface area contributed by atoms with Gasteiger partial charge in [-0.05, 0) is 30.7 Å². The highest BCUT2D eigenvalue weighted by atomic mass is 19.4. The van der Waals surface area contributed by atoms with E-state index in [2.05, 4.69) is 5.32 Å². The van der Waals surface area contributed by atoms with E-state index in [0.717, 1.165) is 18.5 Å². The minimum atomic E-state index is -4.23. The molecule has 6 heteroatoms. The Hall–Kier alpha value is -1.30. The fraction of sp³-hybridized carbons (Fsp3) is 0.571. The highest BCUT2D eigenvalue weighted by Crippen LogP contribution is 2.24. The fourth-order valence-electron chi connectivity index (χ4n) is 1.79.